The lowest BCUT2D eigenvalue weighted by atomic mass is 9.99. The van der Waals surface area contributed by atoms with E-state index in [1.807, 2.05) is 0 Å². The zero-order valence-corrected chi connectivity index (χ0v) is 17.0. The van der Waals surface area contributed by atoms with Crippen molar-refractivity contribution in [1.29, 1.82) is 0 Å². The first kappa shape index (κ1) is 23.4. The van der Waals surface area contributed by atoms with Crippen LogP contribution in [0.1, 0.15) is 46.9 Å². The van der Waals surface area contributed by atoms with E-state index >= 15 is 0 Å². The smallest absolute Gasteiger partial charge is 0.364 e. The third kappa shape index (κ3) is 4.95. The molecule has 2 aromatic heterocycles. The van der Waals surface area contributed by atoms with Crippen LogP contribution in [0, 0.1) is 24.5 Å². The maximum Gasteiger partial charge on any atom is 0.391 e. The number of aryl methyl sites for hydroxylation is 1. The molecule has 0 saturated heterocycles. The number of alkyl halides is 3. The molecule has 0 bridgehead atoms. The number of aromatic amines is 1. The molecule has 170 valence electrons. The summed E-state index contributed by atoms with van der Waals surface area (Å²) in [6.07, 6.45) is -2.51. The van der Waals surface area contributed by atoms with Crippen molar-refractivity contribution in [1.82, 2.24) is 9.97 Å². The van der Waals surface area contributed by atoms with E-state index in [0.29, 0.717) is 23.2 Å². The number of benzene rings is 1. The number of aromatic nitrogens is 2. The first-order chi connectivity index (χ1) is 15.0. The van der Waals surface area contributed by atoms with E-state index in [9.17, 15) is 31.5 Å². The van der Waals surface area contributed by atoms with Crippen LogP contribution in [0.4, 0.5) is 22.0 Å². The highest BCUT2D eigenvalue weighted by atomic mass is 19.4. The van der Waals surface area contributed by atoms with Gasteiger partial charge in [-0.25, -0.2) is 8.78 Å². The molecule has 1 fully saturated rings. The number of amides is 1. The highest BCUT2D eigenvalue weighted by molar-refractivity contribution is 6.03. The maximum absolute atomic E-state index is 12.8. The highest BCUT2D eigenvalue weighted by Crippen LogP contribution is 2.45. The zero-order valence-electron chi connectivity index (χ0n) is 17.0. The number of nitrogens with two attached hydrogens (primary N) is 1. The number of carbonyl (C=O) groups excluding carboxylic acids is 1. The molecule has 1 saturated carbocycles. The molecule has 1 unspecified atom stereocenters. The summed E-state index contributed by atoms with van der Waals surface area (Å²) in [5, 5.41) is 0.0640. The Bertz CT molecular complexity index is 1190. The second kappa shape index (κ2) is 9.05. The first-order valence-corrected chi connectivity index (χ1v) is 9.78. The van der Waals surface area contributed by atoms with Gasteiger partial charge in [-0.05, 0) is 49.8 Å². The Morgan fingerprint density at radius 1 is 1.19 bits per heavy atom. The fourth-order valence-electron chi connectivity index (χ4n) is 3.80. The predicted molar refractivity (Wildman–Crippen MR) is 108 cm³/mol. The van der Waals surface area contributed by atoms with Crippen LogP contribution in [0.3, 0.4) is 0 Å². The number of nitrogens with one attached hydrogen (secondary N) is 1. The summed E-state index contributed by atoms with van der Waals surface area (Å²) in [6.45, 7) is 1.53. The molecule has 0 aliphatic heterocycles. The highest BCUT2D eigenvalue weighted by Gasteiger charge is 2.44. The van der Waals surface area contributed by atoms with Crippen LogP contribution in [0.15, 0.2) is 41.3 Å². The van der Waals surface area contributed by atoms with Gasteiger partial charge in [0.2, 0.25) is 0 Å². The molecular weight excluding hydrogens is 433 g/mol. The predicted octanol–water partition coefficient (Wildman–Crippen LogP) is 4.74. The van der Waals surface area contributed by atoms with Crippen molar-refractivity contribution in [3.05, 3.63) is 75.3 Å². The molecule has 2 heterocycles. The van der Waals surface area contributed by atoms with Crippen LogP contribution in [-0.4, -0.2) is 22.1 Å². The number of rotatable bonds is 2. The summed E-state index contributed by atoms with van der Waals surface area (Å²) >= 11 is 0. The van der Waals surface area contributed by atoms with Crippen LogP contribution >= 0.6 is 0 Å². The standard InChI is InChI=1S/C15H14F3N3O2.C7H6F2/c16-15(17,18)8-2-1-7(5-8)10-6-11(22)12-9(21-10)3-4-20-13(12)14(19)23;1-5-3-2-4-6(8)7(5)9/h3-4,6-8H,1-2,5H2,(H2,19,23)(H,21,22);2-4H,1H3/t7-,8?;/m0./s1. The second-order valence-corrected chi connectivity index (χ2v) is 7.65. The Labute approximate surface area is 179 Å². The van der Waals surface area contributed by atoms with Gasteiger partial charge in [-0.15, -0.1) is 0 Å². The van der Waals surface area contributed by atoms with Crippen LogP contribution in [0.25, 0.3) is 10.9 Å². The molecule has 1 aliphatic carbocycles. The number of fused-ring (bicyclic) bond motifs is 1. The fraction of sp³-hybridized carbons (Fsp3) is 0.318. The van der Waals surface area contributed by atoms with E-state index in [1.54, 1.807) is 0 Å². The van der Waals surface area contributed by atoms with Crippen LogP contribution in [0.5, 0.6) is 0 Å². The minimum atomic E-state index is -4.21. The van der Waals surface area contributed by atoms with Gasteiger partial charge in [-0.2, -0.15) is 13.2 Å². The van der Waals surface area contributed by atoms with E-state index in [-0.39, 0.29) is 29.8 Å². The molecule has 1 aromatic carbocycles. The second-order valence-electron chi connectivity index (χ2n) is 7.65. The number of H-pyrrole nitrogens is 1. The lowest BCUT2D eigenvalue weighted by Crippen LogP contribution is -2.20. The summed E-state index contributed by atoms with van der Waals surface area (Å²) in [7, 11) is 0. The number of hydrogen-bond donors (Lipinski definition) is 2. The van der Waals surface area contributed by atoms with E-state index in [1.165, 1.54) is 37.4 Å². The van der Waals surface area contributed by atoms with Gasteiger partial charge in [0.25, 0.3) is 5.91 Å². The van der Waals surface area contributed by atoms with Gasteiger partial charge in [0.15, 0.2) is 17.1 Å². The van der Waals surface area contributed by atoms with Gasteiger partial charge in [-0.1, -0.05) is 12.1 Å². The number of halogens is 5. The van der Waals surface area contributed by atoms with Crippen molar-refractivity contribution < 1.29 is 26.7 Å². The maximum atomic E-state index is 12.8. The monoisotopic (exact) mass is 453 g/mol. The van der Waals surface area contributed by atoms with Crippen LogP contribution in [-0.2, 0) is 0 Å². The Morgan fingerprint density at radius 2 is 1.91 bits per heavy atom. The molecule has 2 atom stereocenters. The van der Waals surface area contributed by atoms with E-state index in [0.717, 1.165) is 6.07 Å². The van der Waals surface area contributed by atoms with Gasteiger partial charge in [0, 0.05) is 18.0 Å². The van der Waals surface area contributed by atoms with Crippen molar-refractivity contribution in [2.45, 2.75) is 38.3 Å². The summed E-state index contributed by atoms with van der Waals surface area (Å²) in [5.41, 5.74) is 5.74. The molecule has 5 nitrogen and oxygen atoms in total. The minimum Gasteiger partial charge on any atom is -0.364 e. The SMILES string of the molecule is Cc1cccc(F)c1F.NC(=O)c1nccc2[nH]c([C@H]3CCC(C(F)(F)F)C3)cc(=O)c12. The number of hydrogen-bond acceptors (Lipinski definition) is 3. The topological polar surface area (TPSA) is 88.8 Å². The largest absolute Gasteiger partial charge is 0.391 e. The van der Waals surface area contributed by atoms with E-state index in [4.69, 9.17) is 5.73 Å². The van der Waals surface area contributed by atoms with Gasteiger partial charge in [0.1, 0.15) is 5.69 Å². The number of pyridine rings is 2. The molecule has 4 rings (SSSR count). The molecule has 3 aromatic rings. The Morgan fingerprint density at radius 3 is 2.47 bits per heavy atom. The number of primary amides is 1. The summed E-state index contributed by atoms with van der Waals surface area (Å²) < 4.78 is 62.9. The average molecular weight is 453 g/mol. The number of carbonyl (C=O) groups is 1. The van der Waals surface area contributed by atoms with Crippen molar-refractivity contribution in [2.24, 2.45) is 11.7 Å². The Kier molecular flexibility index (Phi) is 6.61. The number of nitrogens with zero attached hydrogens (tertiary/aromatic N) is 1. The normalized spacial score (nSPS) is 18.3. The van der Waals surface area contributed by atoms with Gasteiger partial charge < -0.3 is 10.7 Å². The summed E-state index contributed by atoms with van der Waals surface area (Å²) in [5.74, 6) is -4.06. The fourth-order valence-corrected chi connectivity index (χ4v) is 3.80. The van der Waals surface area contributed by atoms with Gasteiger partial charge in [-0.3, -0.25) is 14.6 Å². The molecule has 0 radical (unpaired) electrons. The quantitative estimate of drug-likeness (QED) is 0.550. The lowest BCUT2D eigenvalue weighted by Gasteiger charge is -2.15. The van der Waals surface area contributed by atoms with Crippen molar-refractivity contribution in [3.8, 4) is 0 Å². The average Bonchev–Trinajstić information content (AvgIpc) is 3.23. The molecule has 1 aliphatic rings. The molecular formula is C22H20F5N3O2. The van der Waals surface area contributed by atoms with Crippen molar-refractivity contribution in [2.75, 3.05) is 0 Å². The molecule has 10 heteroatoms. The van der Waals surface area contributed by atoms with Crippen LogP contribution in [0.2, 0.25) is 0 Å². The molecule has 0 spiro atoms. The Hall–Kier alpha value is -3.30. The van der Waals surface area contributed by atoms with E-state index in [2.05, 4.69) is 9.97 Å². The molecule has 32 heavy (non-hydrogen) atoms. The third-order valence-corrected chi connectivity index (χ3v) is 5.48. The lowest BCUT2D eigenvalue weighted by molar-refractivity contribution is -0.172. The Balaban J connectivity index is 0.000000269. The van der Waals surface area contributed by atoms with Gasteiger partial charge in [0.05, 0.1) is 16.8 Å². The molecule has 3 N–H and O–H groups in total. The molecule has 1 amide bonds. The van der Waals surface area contributed by atoms with Gasteiger partial charge >= 0.3 is 6.18 Å². The first-order valence-electron chi connectivity index (χ1n) is 9.78. The zero-order chi connectivity index (χ0) is 23.6. The van der Waals surface area contributed by atoms with Crippen molar-refractivity contribution in [3.63, 3.8) is 0 Å². The summed E-state index contributed by atoms with van der Waals surface area (Å²) in [6, 6.07) is 6.86. The third-order valence-electron chi connectivity index (χ3n) is 5.48. The minimum absolute atomic E-state index is 0.0429. The van der Waals surface area contributed by atoms with E-state index < -0.39 is 35.1 Å². The summed E-state index contributed by atoms with van der Waals surface area (Å²) in [4.78, 5) is 30.4. The van der Waals surface area contributed by atoms with Crippen LogP contribution < -0.4 is 11.2 Å². The van der Waals surface area contributed by atoms with Crippen molar-refractivity contribution >= 4 is 16.8 Å².